The Labute approximate surface area is 133 Å². The van der Waals surface area contributed by atoms with E-state index in [0.29, 0.717) is 6.61 Å². The van der Waals surface area contributed by atoms with Gasteiger partial charge in [0, 0.05) is 12.8 Å². The van der Waals surface area contributed by atoms with Gasteiger partial charge < -0.3 is 23.5 Å². The Hall–Kier alpha value is 0.451. The highest BCUT2D eigenvalue weighted by Gasteiger charge is 2.36. The highest BCUT2D eigenvalue weighted by Crippen LogP contribution is 2.21. The zero-order valence-corrected chi connectivity index (χ0v) is 17.7. The van der Waals surface area contributed by atoms with Crippen molar-refractivity contribution in [2.75, 3.05) is 26.1 Å². The summed E-state index contributed by atoms with van der Waals surface area (Å²) in [6.07, 6.45) is 0.956. The second-order valence-corrected chi connectivity index (χ2v) is 18.3. The molecule has 0 rings (SSSR count). The van der Waals surface area contributed by atoms with E-state index in [2.05, 4.69) is 39.3 Å². The summed E-state index contributed by atoms with van der Waals surface area (Å²) in [5, 5.41) is 17.9. The van der Waals surface area contributed by atoms with Crippen LogP contribution in [0.3, 0.4) is 0 Å². The van der Waals surface area contributed by atoms with Crippen molar-refractivity contribution in [3.63, 3.8) is 0 Å². The van der Waals surface area contributed by atoms with E-state index in [9.17, 15) is 5.11 Å². The number of aliphatic hydroxyl groups is 2. The average Bonchev–Trinajstić information content (AvgIpc) is 2.33. The van der Waals surface area contributed by atoms with Crippen LogP contribution in [0.5, 0.6) is 0 Å². The molecule has 8 heteroatoms. The molecule has 0 heterocycles. The van der Waals surface area contributed by atoms with Gasteiger partial charge in [-0.2, -0.15) is 0 Å². The number of hydrogen-bond donors (Lipinski definition) is 2. The highest BCUT2D eigenvalue weighted by atomic mass is 28.4. The van der Waals surface area contributed by atoms with E-state index in [1.54, 1.807) is 0 Å². The van der Waals surface area contributed by atoms with Gasteiger partial charge in [0.2, 0.25) is 0 Å². The summed E-state index contributed by atoms with van der Waals surface area (Å²) in [6, 6.07) is 0.910. The third-order valence-electron chi connectivity index (χ3n) is 2.68. The van der Waals surface area contributed by atoms with Gasteiger partial charge in [-0.25, -0.2) is 0 Å². The number of rotatable bonds is 12. The van der Waals surface area contributed by atoms with Crippen LogP contribution >= 0.6 is 0 Å². The third-order valence-corrected chi connectivity index (χ3v) is 10.1. The van der Waals surface area contributed by atoms with Crippen LogP contribution in [0, 0.1) is 0 Å². The minimum Gasteiger partial charge on any atom is -0.436 e. The molecular formula is C13H34O5Si3. The molecule has 0 aliphatic heterocycles. The summed E-state index contributed by atoms with van der Waals surface area (Å²) in [6.45, 7) is 13.8. The van der Waals surface area contributed by atoms with Crippen LogP contribution in [0.25, 0.3) is 0 Å². The second kappa shape index (κ2) is 10.3. The van der Waals surface area contributed by atoms with Gasteiger partial charge in [0.25, 0.3) is 0 Å². The molecule has 2 unspecified atom stereocenters. The number of ether oxygens (including phenoxy) is 1. The smallest absolute Gasteiger partial charge is 0.324 e. The van der Waals surface area contributed by atoms with Crippen molar-refractivity contribution >= 4 is 25.7 Å². The first-order valence-electron chi connectivity index (χ1n) is 7.79. The van der Waals surface area contributed by atoms with Crippen LogP contribution < -0.4 is 0 Å². The van der Waals surface area contributed by atoms with Crippen LogP contribution in [0.1, 0.15) is 6.42 Å². The molecule has 0 bridgehead atoms. The maximum absolute atomic E-state index is 9.21. The Morgan fingerprint density at radius 3 is 2.24 bits per heavy atom. The molecule has 5 nitrogen and oxygen atoms in total. The fraction of sp³-hybridized carbons (Fsp3) is 1.00. The molecule has 0 spiro atoms. The number of aliphatic hydroxyl groups excluding tert-OH is 2. The Balaban J connectivity index is 4.21. The molecule has 0 aliphatic carbocycles. The van der Waals surface area contributed by atoms with E-state index in [1.807, 2.05) is 0 Å². The molecule has 2 N–H and O–H groups in total. The van der Waals surface area contributed by atoms with Crippen LogP contribution in [-0.2, 0) is 13.3 Å². The van der Waals surface area contributed by atoms with Crippen molar-refractivity contribution in [2.24, 2.45) is 0 Å². The lowest BCUT2D eigenvalue weighted by atomic mass is 10.4. The van der Waals surface area contributed by atoms with Gasteiger partial charge in [0.05, 0.1) is 22.0 Å². The summed E-state index contributed by atoms with van der Waals surface area (Å²) >= 11 is 0. The minimum atomic E-state index is -2.13. The van der Waals surface area contributed by atoms with Crippen LogP contribution in [0.15, 0.2) is 0 Å². The van der Waals surface area contributed by atoms with Crippen LogP contribution in [-0.4, -0.2) is 68.0 Å². The van der Waals surface area contributed by atoms with Crippen LogP contribution in [0.2, 0.25) is 45.3 Å². The van der Waals surface area contributed by atoms with Crippen molar-refractivity contribution in [3.05, 3.63) is 0 Å². The van der Waals surface area contributed by atoms with E-state index in [-0.39, 0.29) is 13.2 Å². The monoisotopic (exact) mass is 354 g/mol. The zero-order chi connectivity index (χ0) is 16.5. The van der Waals surface area contributed by atoms with Gasteiger partial charge in [0.1, 0.15) is 6.10 Å². The predicted octanol–water partition coefficient (Wildman–Crippen LogP) is 1.71. The lowest BCUT2D eigenvalue weighted by Gasteiger charge is -2.34. The maximum atomic E-state index is 9.21. The molecule has 0 radical (unpaired) electrons. The van der Waals surface area contributed by atoms with E-state index < -0.39 is 31.8 Å². The maximum Gasteiger partial charge on any atom is 0.324 e. The molecule has 0 aliphatic rings. The van der Waals surface area contributed by atoms with Gasteiger partial charge in [-0.15, -0.1) is 0 Å². The Bertz CT molecular complexity index is 273. The quantitative estimate of drug-likeness (QED) is 0.412. The van der Waals surface area contributed by atoms with Crippen molar-refractivity contribution in [2.45, 2.75) is 57.9 Å². The minimum absolute atomic E-state index is 0.184. The Morgan fingerprint density at radius 1 is 1.14 bits per heavy atom. The van der Waals surface area contributed by atoms with Gasteiger partial charge in [-0.3, -0.25) is 0 Å². The van der Waals surface area contributed by atoms with Gasteiger partial charge in [0.15, 0.2) is 8.32 Å². The fourth-order valence-electron chi connectivity index (χ4n) is 1.91. The van der Waals surface area contributed by atoms with E-state index in [4.69, 9.17) is 18.4 Å². The lowest BCUT2D eigenvalue weighted by molar-refractivity contribution is 0.00617. The van der Waals surface area contributed by atoms with Crippen LogP contribution in [0.4, 0.5) is 0 Å². The first-order chi connectivity index (χ1) is 9.58. The molecule has 128 valence electrons. The number of hydrogen-bond acceptors (Lipinski definition) is 5. The second-order valence-electron chi connectivity index (χ2n) is 7.07. The molecule has 0 amide bonds. The molecule has 0 saturated carbocycles. The van der Waals surface area contributed by atoms with Crippen molar-refractivity contribution in [1.82, 2.24) is 0 Å². The molecule has 0 aromatic rings. The molecule has 0 fully saturated rings. The SMILES string of the molecule is C[SiH](C)CO[Si](C)(CCCOCC(O)CO)O[Si](C)(C)C. The Morgan fingerprint density at radius 2 is 1.76 bits per heavy atom. The summed E-state index contributed by atoms with van der Waals surface area (Å²) in [4.78, 5) is 0. The van der Waals surface area contributed by atoms with E-state index >= 15 is 0 Å². The third kappa shape index (κ3) is 12.7. The molecule has 0 saturated heterocycles. The average molecular weight is 355 g/mol. The molecule has 21 heavy (non-hydrogen) atoms. The van der Waals surface area contributed by atoms with Gasteiger partial charge in [-0.05, 0) is 38.7 Å². The van der Waals surface area contributed by atoms with Crippen molar-refractivity contribution in [1.29, 1.82) is 0 Å². The normalized spacial score (nSPS) is 17.0. The fourth-order valence-corrected chi connectivity index (χ4v) is 11.4. The predicted molar refractivity (Wildman–Crippen MR) is 94.2 cm³/mol. The highest BCUT2D eigenvalue weighted by molar-refractivity contribution is 6.82. The summed E-state index contributed by atoms with van der Waals surface area (Å²) in [5.74, 6) is 0. The standard InChI is InChI=1S/C13H34O5Si3/c1-19(2)12-17-21(6,18-20(3,4)5)9-7-8-16-11-13(15)10-14/h13-15,19H,7-12H2,1-6H3. The summed E-state index contributed by atoms with van der Waals surface area (Å²) in [5.41, 5.74) is 0. The zero-order valence-electron chi connectivity index (χ0n) is 14.5. The van der Waals surface area contributed by atoms with Crippen molar-refractivity contribution in [3.8, 4) is 0 Å². The van der Waals surface area contributed by atoms with Gasteiger partial charge in [-0.1, -0.05) is 13.1 Å². The van der Waals surface area contributed by atoms with Crippen molar-refractivity contribution < 1.29 is 23.5 Å². The molecular weight excluding hydrogens is 320 g/mol. The molecule has 2 atom stereocenters. The Kier molecular flexibility index (Phi) is 10.5. The first-order valence-corrected chi connectivity index (χ1v) is 16.8. The summed E-state index contributed by atoms with van der Waals surface area (Å²) in [7, 11) is -4.49. The molecule has 0 aromatic carbocycles. The van der Waals surface area contributed by atoms with E-state index in [0.717, 1.165) is 18.7 Å². The lowest BCUT2D eigenvalue weighted by Crippen LogP contribution is -2.48. The topological polar surface area (TPSA) is 68.2 Å². The molecule has 0 aromatic heterocycles. The summed E-state index contributed by atoms with van der Waals surface area (Å²) < 4.78 is 17.9. The van der Waals surface area contributed by atoms with E-state index in [1.165, 1.54) is 0 Å². The first kappa shape index (κ1) is 21.5. The largest absolute Gasteiger partial charge is 0.436 e. The van der Waals surface area contributed by atoms with Gasteiger partial charge >= 0.3 is 8.56 Å².